The molecule has 1 aliphatic rings. The average molecular weight is 419 g/mol. The molecule has 30 heavy (non-hydrogen) atoms. The van der Waals surface area contributed by atoms with E-state index in [4.69, 9.17) is 9.47 Å². The summed E-state index contributed by atoms with van der Waals surface area (Å²) in [7, 11) is 3.79. The molecule has 0 saturated carbocycles. The molecule has 5 nitrogen and oxygen atoms in total. The summed E-state index contributed by atoms with van der Waals surface area (Å²) in [5.41, 5.74) is 1.83. The van der Waals surface area contributed by atoms with E-state index >= 15 is 0 Å². The van der Waals surface area contributed by atoms with E-state index in [9.17, 15) is 4.79 Å². The number of amides is 1. The van der Waals surface area contributed by atoms with Crippen molar-refractivity contribution < 1.29 is 14.3 Å². The lowest BCUT2D eigenvalue weighted by Gasteiger charge is -2.22. The Hall–Kier alpha value is -1.85. The van der Waals surface area contributed by atoms with Crippen LogP contribution in [0, 0.1) is 5.92 Å². The largest absolute Gasteiger partial charge is 0.380 e. The van der Waals surface area contributed by atoms with Gasteiger partial charge in [0.1, 0.15) is 0 Å². The van der Waals surface area contributed by atoms with Crippen LogP contribution in [0.4, 0.5) is 0 Å². The Balaban J connectivity index is 0.000000539. The van der Waals surface area contributed by atoms with Crippen molar-refractivity contribution in [2.45, 2.75) is 59.5 Å². The molecule has 1 aromatic rings. The molecule has 1 N–H and O–H groups in total. The van der Waals surface area contributed by atoms with Crippen LogP contribution in [0.25, 0.3) is 12.8 Å². The Morgan fingerprint density at radius 3 is 2.53 bits per heavy atom. The Bertz CT molecular complexity index is 741. The standard InChI is InChI=1S/C20H32N2O.C5H10O2/c1-7-10-16(8-2)13-22(6)14-19-15(4)11-12-18(17(19)9-3)20(23)21-5;1-5-4-6-2-3-7-5/h11-12,14,16H,4,7-10,13H2,1-3,5-6H3,(H,21,23);5H,2-4H2,1H3/b19-14+;. The molecule has 1 aliphatic heterocycles. The zero-order valence-electron chi connectivity index (χ0n) is 19.9. The summed E-state index contributed by atoms with van der Waals surface area (Å²) >= 11 is 0. The number of rotatable bonds is 8. The van der Waals surface area contributed by atoms with Gasteiger partial charge in [-0.05, 0) is 42.5 Å². The molecule has 1 fully saturated rings. The number of carbonyl (C=O) groups is 1. The van der Waals surface area contributed by atoms with E-state index < -0.39 is 0 Å². The number of hydrogen-bond donors (Lipinski definition) is 1. The third-order valence-electron chi connectivity index (χ3n) is 5.43. The van der Waals surface area contributed by atoms with Crippen LogP contribution < -0.4 is 15.8 Å². The molecular weight excluding hydrogens is 376 g/mol. The number of nitrogens with one attached hydrogen (secondary N) is 1. The lowest BCUT2D eigenvalue weighted by atomic mass is 9.99. The highest BCUT2D eigenvalue weighted by atomic mass is 16.6. The van der Waals surface area contributed by atoms with Crippen molar-refractivity contribution in [2.24, 2.45) is 5.92 Å². The van der Waals surface area contributed by atoms with Crippen LogP contribution in [0.15, 0.2) is 12.1 Å². The van der Waals surface area contributed by atoms with Gasteiger partial charge in [-0.1, -0.05) is 46.3 Å². The first-order valence-electron chi connectivity index (χ1n) is 11.3. The molecule has 2 unspecified atom stereocenters. The topological polar surface area (TPSA) is 50.8 Å². The summed E-state index contributed by atoms with van der Waals surface area (Å²) < 4.78 is 10.2. The SMILES string of the molecule is C=c1ccc(C(=O)NC)c(CC)/c1=C/N(C)CC(CC)CCC.CC1COCCO1. The second-order valence-corrected chi connectivity index (χ2v) is 7.99. The molecule has 2 atom stereocenters. The smallest absolute Gasteiger partial charge is 0.251 e. The van der Waals surface area contributed by atoms with Crippen LogP contribution >= 0.6 is 0 Å². The second kappa shape index (κ2) is 14.2. The van der Waals surface area contributed by atoms with Crippen molar-refractivity contribution >= 4 is 18.7 Å². The van der Waals surface area contributed by atoms with Crippen LogP contribution in [0.2, 0.25) is 0 Å². The summed E-state index contributed by atoms with van der Waals surface area (Å²) in [6, 6.07) is 3.82. The van der Waals surface area contributed by atoms with Gasteiger partial charge in [0.05, 0.1) is 25.9 Å². The molecule has 0 bridgehead atoms. The normalized spacial score (nSPS) is 17.7. The quantitative estimate of drug-likeness (QED) is 0.705. The van der Waals surface area contributed by atoms with Crippen LogP contribution in [0.5, 0.6) is 0 Å². The van der Waals surface area contributed by atoms with Gasteiger partial charge in [-0.15, -0.1) is 0 Å². The molecule has 1 heterocycles. The third kappa shape index (κ3) is 8.49. The van der Waals surface area contributed by atoms with Gasteiger partial charge >= 0.3 is 0 Å². The average Bonchev–Trinajstić information content (AvgIpc) is 2.75. The van der Waals surface area contributed by atoms with Gasteiger partial charge in [-0.3, -0.25) is 4.79 Å². The van der Waals surface area contributed by atoms with Crippen molar-refractivity contribution in [1.82, 2.24) is 10.2 Å². The lowest BCUT2D eigenvalue weighted by molar-refractivity contribution is -0.0797. The zero-order chi connectivity index (χ0) is 22.5. The molecule has 0 aromatic heterocycles. The van der Waals surface area contributed by atoms with E-state index in [0.29, 0.717) is 12.0 Å². The van der Waals surface area contributed by atoms with Crippen LogP contribution in [-0.2, 0) is 15.9 Å². The molecule has 2 rings (SSSR count). The van der Waals surface area contributed by atoms with Gasteiger partial charge in [0.25, 0.3) is 5.91 Å². The maximum atomic E-state index is 12.1. The Labute approximate surface area is 183 Å². The van der Waals surface area contributed by atoms with Gasteiger partial charge in [0.2, 0.25) is 0 Å². The van der Waals surface area contributed by atoms with Crippen molar-refractivity contribution in [3.05, 3.63) is 33.7 Å². The minimum atomic E-state index is -0.0310. The van der Waals surface area contributed by atoms with Crippen molar-refractivity contribution in [2.75, 3.05) is 40.5 Å². The fourth-order valence-corrected chi connectivity index (χ4v) is 3.72. The van der Waals surface area contributed by atoms with Gasteiger partial charge in [0.15, 0.2) is 0 Å². The van der Waals surface area contributed by atoms with Crippen LogP contribution in [0.1, 0.15) is 62.9 Å². The summed E-state index contributed by atoms with van der Waals surface area (Å²) in [5, 5.41) is 4.79. The lowest BCUT2D eigenvalue weighted by Crippen LogP contribution is -2.35. The number of nitrogens with zero attached hydrogens (tertiary/aromatic N) is 1. The molecule has 170 valence electrons. The second-order valence-electron chi connectivity index (χ2n) is 7.99. The van der Waals surface area contributed by atoms with Crippen molar-refractivity contribution in [3.63, 3.8) is 0 Å². The number of benzene rings is 1. The highest BCUT2D eigenvalue weighted by Crippen LogP contribution is 2.12. The minimum absolute atomic E-state index is 0.0310. The first-order valence-corrected chi connectivity index (χ1v) is 11.3. The summed E-state index contributed by atoms with van der Waals surface area (Å²) in [6.45, 7) is 16.1. The van der Waals surface area contributed by atoms with E-state index in [1.165, 1.54) is 19.3 Å². The fraction of sp³-hybridized carbons (Fsp3) is 0.640. The third-order valence-corrected chi connectivity index (χ3v) is 5.43. The Morgan fingerprint density at radius 2 is 2.07 bits per heavy atom. The maximum absolute atomic E-state index is 12.1. The predicted octanol–water partition coefficient (Wildman–Crippen LogP) is 2.94. The number of carbonyl (C=O) groups excluding carboxylic acids is 1. The molecule has 0 aliphatic carbocycles. The molecule has 0 radical (unpaired) electrons. The Morgan fingerprint density at radius 1 is 1.33 bits per heavy atom. The molecule has 1 amide bonds. The molecule has 0 spiro atoms. The van der Waals surface area contributed by atoms with Gasteiger partial charge < -0.3 is 19.7 Å². The monoisotopic (exact) mass is 418 g/mol. The van der Waals surface area contributed by atoms with E-state index in [-0.39, 0.29) is 5.91 Å². The summed E-state index contributed by atoms with van der Waals surface area (Å²) in [6.07, 6.45) is 6.96. The molecule has 5 heteroatoms. The summed E-state index contributed by atoms with van der Waals surface area (Å²) in [4.78, 5) is 14.3. The van der Waals surface area contributed by atoms with Gasteiger partial charge in [-0.2, -0.15) is 0 Å². The van der Waals surface area contributed by atoms with E-state index in [1.807, 2.05) is 19.1 Å². The van der Waals surface area contributed by atoms with E-state index in [1.54, 1.807) is 7.05 Å². The summed E-state index contributed by atoms with van der Waals surface area (Å²) in [5.74, 6) is 0.679. The van der Waals surface area contributed by atoms with Crippen LogP contribution in [0.3, 0.4) is 0 Å². The van der Waals surface area contributed by atoms with E-state index in [2.05, 4.69) is 50.8 Å². The van der Waals surface area contributed by atoms with Gasteiger partial charge in [0, 0.05) is 37.6 Å². The van der Waals surface area contributed by atoms with Crippen molar-refractivity contribution in [1.29, 1.82) is 0 Å². The minimum Gasteiger partial charge on any atom is -0.380 e. The molecule has 1 aromatic carbocycles. The first-order chi connectivity index (χ1) is 14.4. The molecule has 1 saturated heterocycles. The number of ether oxygens (including phenoxy) is 2. The van der Waals surface area contributed by atoms with E-state index in [0.717, 1.165) is 54.4 Å². The molecular formula is C25H42N2O3. The first kappa shape index (κ1) is 26.2. The van der Waals surface area contributed by atoms with Gasteiger partial charge in [-0.25, -0.2) is 0 Å². The number of hydrogen-bond acceptors (Lipinski definition) is 4. The Kier molecular flexibility index (Phi) is 12.4. The highest BCUT2D eigenvalue weighted by Gasteiger charge is 2.11. The zero-order valence-corrected chi connectivity index (χ0v) is 19.9. The fourth-order valence-electron chi connectivity index (χ4n) is 3.72. The van der Waals surface area contributed by atoms with Crippen LogP contribution in [-0.4, -0.2) is 57.4 Å². The highest BCUT2D eigenvalue weighted by molar-refractivity contribution is 5.95. The maximum Gasteiger partial charge on any atom is 0.251 e. The van der Waals surface area contributed by atoms with Crippen molar-refractivity contribution in [3.8, 4) is 0 Å². The predicted molar refractivity (Wildman–Crippen MR) is 126 cm³/mol.